The second-order valence-electron chi connectivity index (χ2n) is 7.25. The monoisotopic (exact) mass is 370 g/mol. The predicted molar refractivity (Wildman–Crippen MR) is 94.5 cm³/mol. The molecule has 2 aromatic heterocycles. The molecule has 2 aromatic rings. The maximum atomic E-state index is 12.8. The number of likely N-dealkylation sites (tertiary alicyclic amines) is 1. The summed E-state index contributed by atoms with van der Waals surface area (Å²) in [6.45, 7) is 0. The molecule has 1 aliphatic heterocycles. The zero-order valence-corrected chi connectivity index (χ0v) is 15.0. The fraction of sp³-hybridized carbons (Fsp3) is 0.526. The number of aliphatic carboxylic acids is 1. The minimum atomic E-state index is -0.907. The van der Waals surface area contributed by atoms with Gasteiger partial charge in [0, 0.05) is 36.8 Å². The minimum absolute atomic E-state index is 0.0578. The van der Waals surface area contributed by atoms with Gasteiger partial charge < -0.3 is 14.5 Å². The molecule has 4 rings (SSSR count). The van der Waals surface area contributed by atoms with Crippen molar-refractivity contribution in [1.29, 1.82) is 0 Å². The lowest BCUT2D eigenvalue weighted by Crippen LogP contribution is -2.46. The van der Waals surface area contributed by atoms with Gasteiger partial charge in [0.2, 0.25) is 17.6 Å². The van der Waals surface area contributed by atoms with Crippen molar-refractivity contribution in [3.63, 3.8) is 0 Å². The van der Waals surface area contributed by atoms with E-state index in [0.717, 1.165) is 31.2 Å². The Labute approximate surface area is 156 Å². The van der Waals surface area contributed by atoms with E-state index in [9.17, 15) is 14.7 Å². The van der Waals surface area contributed by atoms with Gasteiger partial charge in [0.15, 0.2) is 0 Å². The Kier molecular flexibility index (Phi) is 4.87. The van der Waals surface area contributed by atoms with Crippen molar-refractivity contribution in [2.24, 2.45) is 5.92 Å². The number of hydrogen-bond donors (Lipinski definition) is 1. The first-order valence-electron chi connectivity index (χ1n) is 9.40. The van der Waals surface area contributed by atoms with Gasteiger partial charge in [-0.25, -0.2) is 4.79 Å². The number of carboxylic acids is 1. The van der Waals surface area contributed by atoms with E-state index in [1.807, 2.05) is 0 Å². The van der Waals surface area contributed by atoms with E-state index in [-0.39, 0.29) is 18.4 Å². The SMILES string of the molecule is O=C(O)C1CC2CCCCC2N1C(=O)CCc1nc(-c2ccncc2)no1. The summed E-state index contributed by atoms with van der Waals surface area (Å²) < 4.78 is 5.24. The van der Waals surface area contributed by atoms with Crippen molar-refractivity contribution in [3.8, 4) is 11.4 Å². The summed E-state index contributed by atoms with van der Waals surface area (Å²) in [5.74, 6) is 0.0969. The molecule has 1 saturated heterocycles. The van der Waals surface area contributed by atoms with Crippen molar-refractivity contribution in [2.45, 2.75) is 57.0 Å². The fourth-order valence-corrected chi connectivity index (χ4v) is 4.36. The van der Waals surface area contributed by atoms with Gasteiger partial charge in [-0.3, -0.25) is 9.78 Å². The van der Waals surface area contributed by atoms with E-state index in [1.165, 1.54) is 0 Å². The topological polar surface area (TPSA) is 109 Å². The maximum absolute atomic E-state index is 12.8. The number of aryl methyl sites for hydroxylation is 1. The number of fused-ring (bicyclic) bond motifs is 1. The molecule has 3 heterocycles. The summed E-state index contributed by atoms with van der Waals surface area (Å²) in [5.41, 5.74) is 0.793. The highest BCUT2D eigenvalue weighted by molar-refractivity contribution is 5.85. The zero-order chi connectivity index (χ0) is 18.8. The van der Waals surface area contributed by atoms with E-state index in [2.05, 4.69) is 15.1 Å². The molecule has 3 unspecified atom stereocenters. The second kappa shape index (κ2) is 7.46. The standard InChI is InChI=1S/C19H22N4O4/c24-17(23-14-4-2-1-3-13(14)11-15(23)19(25)26)6-5-16-21-18(22-27-16)12-7-9-20-10-8-12/h7-10,13-15H,1-6,11H2,(H,25,26). The van der Waals surface area contributed by atoms with E-state index < -0.39 is 12.0 Å². The van der Waals surface area contributed by atoms with Gasteiger partial charge in [-0.15, -0.1) is 0 Å². The number of rotatable bonds is 5. The summed E-state index contributed by atoms with van der Waals surface area (Å²) in [7, 11) is 0. The Hall–Kier alpha value is -2.77. The molecule has 1 N–H and O–H groups in total. The van der Waals surface area contributed by atoms with Crippen molar-refractivity contribution in [2.75, 3.05) is 0 Å². The quantitative estimate of drug-likeness (QED) is 0.860. The first-order chi connectivity index (χ1) is 13.1. The second-order valence-corrected chi connectivity index (χ2v) is 7.25. The fourth-order valence-electron chi connectivity index (χ4n) is 4.36. The van der Waals surface area contributed by atoms with Gasteiger partial charge in [-0.05, 0) is 37.3 Å². The van der Waals surface area contributed by atoms with Crippen LogP contribution in [-0.4, -0.2) is 49.1 Å². The van der Waals surface area contributed by atoms with Crippen LogP contribution in [0.5, 0.6) is 0 Å². The maximum Gasteiger partial charge on any atom is 0.326 e. The molecule has 2 aliphatic rings. The Balaban J connectivity index is 1.42. The van der Waals surface area contributed by atoms with Crippen molar-refractivity contribution < 1.29 is 19.2 Å². The van der Waals surface area contributed by atoms with Crippen LogP contribution in [-0.2, 0) is 16.0 Å². The van der Waals surface area contributed by atoms with Crippen LogP contribution in [0.4, 0.5) is 0 Å². The molecule has 0 aromatic carbocycles. The molecule has 8 heteroatoms. The van der Waals surface area contributed by atoms with Crippen molar-refractivity contribution in [3.05, 3.63) is 30.4 Å². The van der Waals surface area contributed by atoms with Gasteiger partial charge in [-0.1, -0.05) is 18.0 Å². The first-order valence-corrected chi connectivity index (χ1v) is 9.40. The Morgan fingerprint density at radius 1 is 1.22 bits per heavy atom. The number of hydrogen-bond acceptors (Lipinski definition) is 6. The van der Waals surface area contributed by atoms with Gasteiger partial charge in [0.1, 0.15) is 6.04 Å². The molecule has 0 bridgehead atoms. The number of pyridine rings is 1. The molecular formula is C19H22N4O4. The summed E-state index contributed by atoms with van der Waals surface area (Å²) in [6.07, 6.45) is 8.42. The summed E-state index contributed by atoms with van der Waals surface area (Å²) in [6, 6.07) is 2.91. The third-order valence-electron chi connectivity index (χ3n) is 5.62. The third kappa shape index (κ3) is 3.56. The summed E-state index contributed by atoms with van der Waals surface area (Å²) >= 11 is 0. The average molecular weight is 370 g/mol. The zero-order valence-electron chi connectivity index (χ0n) is 15.0. The molecule has 2 fully saturated rings. The van der Waals surface area contributed by atoms with Crippen LogP contribution < -0.4 is 0 Å². The van der Waals surface area contributed by atoms with Crippen LogP contribution >= 0.6 is 0 Å². The number of carbonyl (C=O) groups is 2. The molecule has 0 radical (unpaired) electrons. The highest BCUT2D eigenvalue weighted by atomic mass is 16.5. The molecule has 1 saturated carbocycles. The van der Waals surface area contributed by atoms with Crippen LogP contribution in [0, 0.1) is 5.92 Å². The summed E-state index contributed by atoms with van der Waals surface area (Å²) in [4.78, 5) is 34.4. The number of carbonyl (C=O) groups excluding carboxylic acids is 1. The smallest absolute Gasteiger partial charge is 0.326 e. The number of nitrogens with zero attached hydrogens (tertiary/aromatic N) is 4. The summed E-state index contributed by atoms with van der Waals surface area (Å²) in [5, 5.41) is 13.5. The molecular weight excluding hydrogens is 348 g/mol. The first kappa shape index (κ1) is 17.6. The van der Waals surface area contributed by atoms with Gasteiger partial charge in [-0.2, -0.15) is 4.98 Å². The highest BCUT2D eigenvalue weighted by Crippen LogP contribution is 2.40. The Bertz CT molecular complexity index is 822. The third-order valence-corrected chi connectivity index (χ3v) is 5.62. The van der Waals surface area contributed by atoms with E-state index in [0.29, 0.717) is 30.5 Å². The molecule has 3 atom stereocenters. The van der Waals surface area contributed by atoms with E-state index in [4.69, 9.17) is 4.52 Å². The lowest BCUT2D eigenvalue weighted by atomic mass is 9.84. The van der Waals surface area contributed by atoms with Crippen LogP contribution in [0.15, 0.2) is 29.0 Å². The molecule has 0 spiro atoms. The molecule has 1 amide bonds. The minimum Gasteiger partial charge on any atom is -0.480 e. The molecule has 1 aliphatic carbocycles. The van der Waals surface area contributed by atoms with Crippen LogP contribution in [0.2, 0.25) is 0 Å². The molecule has 142 valence electrons. The largest absolute Gasteiger partial charge is 0.480 e. The van der Waals surface area contributed by atoms with E-state index >= 15 is 0 Å². The lowest BCUT2D eigenvalue weighted by Gasteiger charge is -2.33. The predicted octanol–water partition coefficient (Wildman–Crippen LogP) is 2.31. The number of aromatic nitrogens is 3. The van der Waals surface area contributed by atoms with Crippen LogP contribution in [0.25, 0.3) is 11.4 Å². The van der Waals surface area contributed by atoms with Crippen LogP contribution in [0.1, 0.15) is 44.4 Å². The van der Waals surface area contributed by atoms with Gasteiger partial charge in [0.05, 0.1) is 0 Å². The molecule has 27 heavy (non-hydrogen) atoms. The van der Waals surface area contributed by atoms with Gasteiger partial charge >= 0.3 is 5.97 Å². The average Bonchev–Trinajstić information content (AvgIpc) is 3.32. The van der Waals surface area contributed by atoms with Crippen molar-refractivity contribution in [1.82, 2.24) is 20.0 Å². The van der Waals surface area contributed by atoms with Crippen molar-refractivity contribution >= 4 is 11.9 Å². The lowest BCUT2D eigenvalue weighted by molar-refractivity contribution is -0.149. The Morgan fingerprint density at radius 2 is 2.00 bits per heavy atom. The number of amides is 1. The van der Waals surface area contributed by atoms with Crippen LogP contribution in [0.3, 0.4) is 0 Å². The molecule has 8 nitrogen and oxygen atoms in total. The normalized spacial score (nSPS) is 24.6. The number of carboxylic acid groups (broad SMARTS) is 1. The Morgan fingerprint density at radius 3 is 2.78 bits per heavy atom. The highest BCUT2D eigenvalue weighted by Gasteiger charge is 2.47. The van der Waals surface area contributed by atoms with E-state index in [1.54, 1.807) is 29.4 Å². The van der Waals surface area contributed by atoms with Gasteiger partial charge in [0.25, 0.3) is 0 Å².